The molecule has 10 heteroatoms. The second kappa shape index (κ2) is 13.1. The number of aliphatic hydroxyl groups excluding tert-OH is 1. The molecule has 1 aromatic rings. The lowest BCUT2D eigenvalue weighted by Crippen LogP contribution is -2.46. The molecule has 170 valence electrons. The third-order valence-corrected chi connectivity index (χ3v) is 5.96. The monoisotopic (exact) mass is 572 g/mol. The van der Waals surface area contributed by atoms with Crippen LogP contribution in [0, 0.1) is 0 Å². The van der Waals surface area contributed by atoms with E-state index in [-0.39, 0.29) is 37.1 Å². The van der Waals surface area contributed by atoms with E-state index in [9.17, 15) is 5.11 Å². The molecule has 0 aliphatic carbocycles. The van der Waals surface area contributed by atoms with Crippen LogP contribution in [-0.2, 0) is 4.74 Å². The summed E-state index contributed by atoms with van der Waals surface area (Å²) in [4.78, 5) is 9.40. The Bertz CT molecular complexity index is 692. The van der Waals surface area contributed by atoms with E-state index in [4.69, 9.17) is 32.7 Å². The molecule has 0 radical (unpaired) electrons. The Balaban J connectivity index is 0.00000320. The van der Waals surface area contributed by atoms with Crippen LogP contribution >= 0.6 is 47.2 Å². The number of aliphatic imine (C=N–C) groups is 1. The summed E-state index contributed by atoms with van der Waals surface area (Å²) in [5, 5.41) is 14.4. The van der Waals surface area contributed by atoms with Crippen LogP contribution in [0.4, 0.5) is 0 Å². The van der Waals surface area contributed by atoms with Gasteiger partial charge in [0.15, 0.2) is 5.96 Å². The van der Waals surface area contributed by atoms with E-state index in [0.717, 1.165) is 58.3 Å². The second-order valence-corrected chi connectivity index (χ2v) is 8.03. The normalized spacial score (nSPS) is 21.3. The Morgan fingerprint density at radius 2 is 2.10 bits per heavy atom. The summed E-state index contributed by atoms with van der Waals surface area (Å²) in [6.45, 7) is 8.69. The molecule has 2 fully saturated rings. The first-order chi connectivity index (χ1) is 14.1. The molecule has 2 heterocycles. The molecule has 2 N–H and O–H groups in total. The Morgan fingerprint density at radius 3 is 2.83 bits per heavy atom. The maximum absolute atomic E-state index is 10.3. The van der Waals surface area contributed by atoms with E-state index in [1.807, 2.05) is 6.92 Å². The molecule has 1 aromatic carbocycles. The highest BCUT2D eigenvalue weighted by atomic mass is 127. The Morgan fingerprint density at radius 1 is 1.33 bits per heavy atom. The van der Waals surface area contributed by atoms with Gasteiger partial charge >= 0.3 is 0 Å². The quantitative estimate of drug-likeness (QED) is 0.297. The first-order valence-electron chi connectivity index (χ1n) is 10.2. The Labute approximate surface area is 205 Å². The van der Waals surface area contributed by atoms with Gasteiger partial charge in [0.05, 0.1) is 24.8 Å². The summed E-state index contributed by atoms with van der Waals surface area (Å²) < 4.78 is 11.1. The number of aliphatic hydroxyl groups is 1. The van der Waals surface area contributed by atoms with E-state index in [2.05, 4.69) is 20.1 Å². The van der Waals surface area contributed by atoms with Crippen molar-refractivity contribution in [2.75, 3.05) is 59.1 Å². The molecule has 2 aliphatic heterocycles. The van der Waals surface area contributed by atoms with Gasteiger partial charge in [0.2, 0.25) is 0 Å². The third-order valence-electron chi connectivity index (χ3n) is 5.16. The Hall–Kier alpha value is -0.520. The van der Waals surface area contributed by atoms with Gasteiger partial charge < -0.3 is 24.8 Å². The number of likely N-dealkylation sites (tertiary alicyclic amines) is 1. The number of hydrogen-bond donors (Lipinski definition) is 2. The molecular weight excluding hydrogens is 542 g/mol. The molecule has 7 nitrogen and oxygen atoms in total. The summed E-state index contributed by atoms with van der Waals surface area (Å²) in [6, 6.07) is 5.71. The predicted octanol–water partition coefficient (Wildman–Crippen LogP) is 2.72. The lowest BCUT2D eigenvalue weighted by atomic mass is 10.2. The summed E-state index contributed by atoms with van der Waals surface area (Å²) >= 11 is 12.1. The summed E-state index contributed by atoms with van der Waals surface area (Å²) in [5.74, 6) is 1.30. The minimum Gasteiger partial charge on any atom is -0.489 e. The van der Waals surface area contributed by atoms with E-state index in [1.165, 1.54) is 0 Å². The van der Waals surface area contributed by atoms with E-state index >= 15 is 0 Å². The lowest BCUT2D eigenvalue weighted by molar-refractivity contribution is 0.0194. The SMILES string of the molecule is CCNC(=NCC(O)COc1cccc(Cl)c1Cl)N1CCC(N2CCOCC2)C1.I. The van der Waals surface area contributed by atoms with Gasteiger partial charge in [0.25, 0.3) is 0 Å². The van der Waals surface area contributed by atoms with Gasteiger partial charge in [-0.1, -0.05) is 29.3 Å². The fourth-order valence-electron chi connectivity index (χ4n) is 3.63. The fourth-order valence-corrected chi connectivity index (χ4v) is 3.97. The minimum atomic E-state index is -0.739. The summed E-state index contributed by atoms with van der Waals surface area (Å²) in [5.41, 5.74) is 0. The number of morpholine rings is 1. The van der Waals surface area contributed by atoms with Crippen molar-refractivity contribution in [1.29, 1.82) is 0 Å². The van der Waals surface area contributed by atoms with Crippen molar-refractivity contribution in [3.63, 3.8) is 0 Å². The molecule has 3 rings (SSSR count). The number of guanidine groups is 1. The molecule has 0 bridgehead atoms. The van der Waals surface area contributed by atoms with Crippen molar-refractivity contribution >= 4 is 53.1 Å². The van der Waals surface area contributed by atoms with Crippen LogP contribution in [0.15, 0.2) is 23.2 Å². The maximum Gasteiger partial charge on any atom is 0.194 e. The zero-order valence-corrected chi connectivity index (χ0v) is 21.1. The van der Waals surface area contributed by atoms with Crippen molar-refractivity contribution in [3.05, 3.63) is 28.2 Å². The second-order valence-electron chi connectivity index (χ2n) is 7.25. The van der Waals surface area contributed by atoms with Crippen LogP contribution < -0.4 is 10.1 Å². The van der Waals surface area contributed by atoms with Crippen LogP contribution in [-0.4, -0.2) is 92.1 Å². The highest BCUT2D eigenvalue weighted by Crippen LogP contribution is 2.31. The molecule has 0 aromatic heterocycles. The molecule has 0 amide bonds. The molecule has 2 saturated heterocycles. The first kappa shape index (κ1) is 25.7. The lowest BCUT2D eigenvalue weighted by Gasteiger charge is -2.32. The van der Waals surface area contributed by atoms with Crippen molar-refractivity contribution in [2.24, 2.45) is 4.99 Å². The van der Waals surface area contributed by atoms with Gasteiger partial charge in [0, 0.05) is 38.8 Å². The number of halogens is 3. The highest BCUT2D eigenvalue weighted by Gasteiger charge is 2.30. The van der Waals surface area contributed by atoms with Gasteiger partial charge in [-0.15, -0.1) is 24.0 Å². The van der Waals surface area contributed by atoms with Gasteiger partial charge in [-0.25, -0.2) is 0 Å². The van der Waals surface area contributed by atoms with Crippen LogP contribution in [0.1, 0.15) is 13.3 Å². The van der Waals surface area contributed by atoms with Gasteiger partial charge in [0.1, 0.15) is 23.5 Å². The fraction of sp³-hybridized carbons (Fsp3) is 0.650. The topological polar surface area (TPSA) is 69.6 Å². The number of ether oxygens (including phenoxy) is 2. The largest absolute Gasteiger partial charge is 0.489 e. The van der Waals surface area contributed by atoms with Crippen LogP contribution in [0.3, 0.4) is 0 Å². The maximum atomic E-state index is 10.3. The number of nitrogens with zero attached hydrogens (tertiary/aromatic N) is 3. The van der Waals surface area contributed by atoms with Gasteiger partial charge in [-0.2, -0.15) is 0 Å². The molecule has 0 saturated carbocycles. The summed E-state index contributed by atoms with van der Waals surface area (Å²) in [7, 11) is 0. The smallest absolute Gasteiger partial charge is 0.194 e. The van der Waals surface area contributed by atoms with Gasteiger partial charge in [-0.3, -0.25) is 9.89 Å². The van der Waals surface area contributed by atoms with Crippen LogP contribution in [0.5, 0.6) is 5.75 Å². The standard InChI is InChI=1S/C20H30Cl2N4O3.HI/c1-2-23-20(26-7-6-15(13-26)25-8-10-28-11-9-25)24-12-16(27)14-29-18-5-3-4-17(21)19(18)22;/h3-5,15-16,27H,2,6-14H2,1H3,(H,23,24);1H. The number of hydrogen-bond acceptors (Lipinski definition) is 5. The zero-order valence-electron chi connectivity index (χ0n) is 17.2. The minimum absolute atomic E-state index is 0. The molecule has 2 unspecified atom stereocenters. The first-order valence-corrected chi connectivity index (χ1v) is 10.9. The zero-order chi connectivity index (χ0) is 20.6. The van der Waals surface area contributed by atoms with E-state index in [0.29, 0.717) is 21.8 Å². The van der Waals surface area contributed by atoms with Crippen molar-refractivity contribution in [1.82, 2.24) is 15.1 Å². The van der Waals surface area contributed by atoms with Crippen LogP contribution in [0.25, 0.3) is 0 Å². The van der Waals surface area contributed by atoms with E-state index in [1.54, 1.807) is 18.2 Å². The number of benzene rings is 1. The molecule has 2 aliphatic rings. The van der Waals surface area contributed by atoms with Crippen molar-refractivity contribution < 1.29 is 14.6 Å². The molecular formula is C20H31Cl2IN4O3. The average molecular weight is 573 g/mol. The summed E-state index contributed by atoms with van der Waals surface area (Å²) in [6.07, 6.45) is 0.375. The molecule has 2 atom stereocenters. The van der Waals surface area contributed by atoms with Crippen molar-refractivity contribution in [2.45, 2.75) is 25.5 Å². The van der Waals surface area contributed by atoms with Crippen molar-refractivity contribution in [3.8, 4) is 5.75 Å². The third kappa shape index (κ3) is 7.27. The number of rotatable bonds is 7. The molecule has 0 spiro atoms. The highest BCUT2D eigenvalue weighted by molar-refractivity contribution is 14.0. The van der Waals surface area contributed by atoms with Gasteiger partial charge in [-0.05, 0) is 25.5 Å². The number of nitrogens with one attached hydrogen (secondary N) is 1. The Kier molecular flexibility index (Phi) is 11.3. The average Bonchev–Trinajstić information content (AvgIpc) is 3.23. The predicted molar refractivity (Wildman–Crippen MR) is 132 cm³/mol. The van der Waals surface area contributed by atoms with Crippen LogP contribution in [0.2, 0.25) is 10.0 Å². The molecule has 30 heavy (non-hydrogen) atoms. The van der Waals surface area contributed by atoms with E-state index < -0.39 is 6.10 Å².